The number of phenols is 1. The molecule has 49 heavy (non-hydrogen) atoms. The predicted octanol–water partition coefficient (Wildman–Crippen LogP) is 5.71. The number of rotatable bonds is 13. The first-order valence-electron chi connectivity index (χ1n) is 13.3. The van der Waals surface area contributed by atoms with Crippen LogP contribution < -0.4 is 15.4 Å². The molecule has 0 bridgehead atoms. The van der Waals surface area contributed by atoms with Crippen LogP contribution in [0.2, 0.25) is 0 Å². The van der Waals surface area contributed by atoms with Gasteiger partial charge in [0.15, 0.2) is 5.75 Å². The van der Waals surface area contributed by atoms with E-state index in [1.807, 2.05) is 0 Å². The van der Waals surface area contributed by atoms with Crippen molar-refractivity contribution in [1.82, 2.24) is 15.0 Å². The average molecular weight is 712 g/mol. The molecule has 1 heterocycles. The minimum Gasteiger partial charge on any atom is -0.505 e. The lowest BCUT2D eigenvalue weighted by Gasteiger charge is -2.15. The van der Waals surface area contributed by atoms with Gasteiger partial charge in [0.25, 0.3) is 10.1 Å². The van der Waals surface area contributed by atoms with E-state index in [4.69, 9.17) is 15.1 Å². The number of nitrogens with one attached hydrogen (secondary N) is 2. The molecule has 0 amide bonds. The fourth-order valence-corrected chi connectivity index (χ4v) is 5.31. The summed E-state index contributed by atoms with van der Waals surface area (Å²) in [4.78, 5) is 34.6. The number of fused-ring (bicyclic) bond motifs is 1. The molecule has 5 rings (SSSR count). The molecule has 0 atom stereocenters. The first-order valence-corrected chi connectivity index (χ1v) is 15.4. The molecule has 0 aliphatic carbocycles. The molecule has 1 aromatic heterocycles. The lowest BCUT2D eigenvalue weighted by molar-refractivity contribution is -0.432. The van der Waals surface area contributed by atoms with Gasteiger partial charge >= 0.3 is 17.9 Å². The van der Waals surface area contributed by atoms with Gasteiger partial charge in [-0.15, -0.1) is 14.6 Å². The first-order chi connectivity index (χ1) is 23.4. The Morgan fingerprint density at radius 2 is 1.59 bits per heavy atom. The van der Waals surface area contributed by atoms with Crippen molar-refractivity contribution in [3.8, 4) is 11.8 Å². The number of ether oxygens (including phenoxy) is 1. The topological polar surface area (TPSA) is 285 Å². The molecule has 0 unspecified atom stereocenters. The van der Waals surface area contributed by atoms with Crippen LogP contribution in [0.4, 0.5) is 34.6 Å². The van der Waals surface area contributed by atoms with E-state index in [0.29, 0.717) is 17.7 Å². The number of benzene rings is 4. The van der Waals surface area contributed by atoms with Gasteiger partial charge in [-0.3, -0.25) is 4.55 Å². The third kappa shape index (κ3) is 7.95. The van der Waals surface area contributed by atoms with Crippen molar-refractivity contribution >= 4 is 79.5 Å². The van der Waals surface area contributed by atoms with Crippen molar-refractivity contribution in [3.05, 3.63) is 77.9 Å². The first kappa shape index (κ1) is 34.4. The molecule has 252 valence electrons. The second kappa shape index (κ2) is 14.4. The van der Waals surface area contributed by atoms with Crippen molar-refractivity contribution in [1.29, 1.82) is 0 Å². The maximum Gasteiger partial charge on any atom is 0.337 e. The van der Waals surface area contributed by atoms with Gasteiger partial charge in [0.1, 0.15) is 11.4 Å². The molecular weight excluding hydrogens is 690 g/mol. The summed E-state index contributed by atoms with van der Waals surface area (Å²) >= 11 is 0.330. The van der Waals surface area contributed by atoms with Crippen LogP contribution in [-0.4, -0.2) is 67.5 Å². The molecular formula is C28H21N7O12S2. The number of nitrogens with zero attached hydrogens (tertiary/aromatic N) is 5. The number of aromatic hydroxyl groups is 1. The van der Waals surface area contributed by atoms with Gasteiger partial charge < -0.3 is 30.7 Å². The molecule has 0 radical (unpaired) electrons. The third-order valence-electron chi connectivity index (χ3n) is 6.40. The third-order valence-corrected chi connectivity index (χ3v) is 7.85. The predicted molar refractivity (Wildman–Crippen MR) is 170 cm³/mol. The Labute approximate surface area is 278 Å². The summed E-state index contributed by atoms with van der Waals surface area (Å²) in [6.07, 6.45) is 0. The second-order valence-corrected chi connectivity index (χ2v) is 11.6. The fourth-order valence-electron chi connectivity index (χ4n) is 4.27. The van der Waals surface area contributed by atoms with Crippen molar-refractivity contribution in [2.45, 2.75) is 9.79 Å². The number of anilines is 4. The van der Waals surface area contributed by atoms with Crippen LogP contribution in [-0.2, 0) is 19.5 Å². The highest BCUT2D eigenvalue weighted by Crippen LogP contribution is 2.47. The summed E-state index contributed by atoms with van der Waals surface area (Å²) in [5.74, 6) is -3.42. The molecule has 0 aliphatic heterocycles. The number of methoxy groups -OCH3 is 1. The quantitative estimate of drug-likeness (QED) is 0.0253. The summed E-state index contributed by atoms with van der Waals surface area (Å²) in [7, 11) is -3.58. The average Bonchev–Trinajstić information content (AvgIpc) is 3.06. The summed E-state index contributed by atoms with van der Waals surface area (Å²) in [5, 5.41) is 56.1. The van der Waals surface area contributed by atoms with Crippen LogP contribution in [0.1, 0.15) is 20.7 Å². The standard InChI is InChI=1S/C28H21N7O12S2/c1-45-28-32-26(29-15-8-6-13(7-9-15)24(37)38)31-27(33-28)30-19-12-16(49(42,43)44)10-14-11-20(48-47-46-41)22(23(36)21(14)19)35-34-18-5-3-2-4-17(18)25(39)40/h2-12,36,41H,1H3,(H,37,38)(H,39,40)(H,42,43,44)(H2,29,30,31,32,33). The number of hydrogen-bond acceptors (Lipinski definition) is 17. The molecule has 7 N–H and O–H groups in total. The van der Waals surface area contributed by atoms with E-state index in [-0.39, 0.29) is 61.8 Å². The van der Waals surface area contributed by atoms with Crippen molar-refractivity contribution in [2.24, 2.45) is 10.2 Å². The molecule has 21 heteroatoms. The minimum absolute atomic E-state index is 0.0260. The van der Waals surface area contributed by atoms with Crippen molar-refractivity contribution in [3.63, 3.8) is 0 Å². The van der Waals surface area contributed by atoms with Gasteiger partial charge in [0.2, 0.25) is 11.9 Å². The van der Waals surface area contributed by atoms with E-state index >= 15 is 0 Å². The molecule has 0 fully saturated rings. The Bertz CT molecular complexity index is 2220. The Morgan fingerprint density at radius 3 is 2.22 bits per heavy atom. The SMILES string of the molecule is COc1nc(Nc2ccc(C(=O)O)cc2)nc(Nc2cc(S(=O)(=O)O)cc3cc(SOOO)c(N=Nc4ccccc4C(=O)O)c(O)c23)n1. The zero-order valence-electron chi connectivity index (χ0n) is 24.5. The molecule has 4 aromatic carbocycles. The van der Waals surface area contributed by atoms with Crippen LogP contribution >= 0.6 is 12.0 Å². The number of carboxylic acid groups (broad SMARTS) is 2. The summed E-state index contributed by atoms with van der Waals surface area (Å²) in [6, 6.07) is 14.2. The van der Waals surface area contributed by atoms with Crippen LogP contribution in [0.25, 0.3) is 10.8 Å². The molecule has 5 aromatic rings. The lowest BCUT2D eigenvalue weighted by Crippen LogP contribution is -2.07. The molecule has 0 spiro atoms. The number of azo groups is 1. The van der Waals surface area contributed by atoms with Gasteiger partial charge in [-0.1, -0.05) is 17.2 Å². The highest BCUT2D eigenvalue weighted by molar-refractivity contribution is 7.94. The van der Waals surface area contributed by atoms with Gasteiger partial charge in [-0.2, -0.15) is 23.4 Å². The maximum atomic E-state index is 12.3. The number of carboxylic acids is 2. The smallest absolute Gasteiger partial charge is 0.337 e. The highest BCUT2D eigenvalue weighted by Gasteiger charge is 2.23. The summed E-state index contributed by atoms with van der Waals surface area (Å²) < 4.78 is 44.1. The van der Waals surface area contributed by atoms with E-state index < -0.39 is 32.7 Å². The van der Waals surface area contributed by atoms with E-state index in [1.54, 1.807) is 0 Å². The Kier molecular flexibility index (Phi) is 10.1. The van der Waals surface area contributed by atoms with Crippen LogP contribution in [0.3, 0.4) is 0 Å². The summed E-state index contributed by atoms with van der Waals surface area (Å²) in [6.45, 7) is 0. The number of phenolic OH excluding ortho intramolecular Hbond substituents is 1. The van der Waals surface area contributed by atoms with Crippen LogP contribution in [0.15, 0.2) is 86.7 Å². The van der Waals surface area contributed by atoms with Crippen LogP contribution in [0, 0.1) is 0 Å². The zero-order chi connectivity index (χ0) is 35.3. The Hall–Kier alpha value is -5.97. The normalized spacial score (nSPS) is 11.5. The van der Waals surface area contributed by atoms with E-state index in [0.717, 1.165) is 12.1 Å². The number of aromatic nitrogens is 3. The number of hydrogen-bond donors (Lipinski definition) is 7. The zero-order valence-corrected chi connectivity index (χ0v) is 26.1. The molecule has 0 saturated heterocycles. The summed E-state index contributed by atoms with van der Waals surface area (Å²) in [5.41, 5.74) is -0.391. The number of aromatic carboxylic acids is 2. The second-order valence-electron chi connectivity index (χ2n) is 9.47. The van der Waals surface area contributed by atoms with Gasteiger partial charge in [-0.25, -0.2) is 14.8 Å². The van der Waals surface area contributed by atoms with Gasteiger partial charge in [-0.05, 0) is 60.0 Å². The van der Waals surface area contributed by atoms with Crippen molar-refractivity contribution < 1.29 is 57.2 Å². The highest BCUT2D eigenvalue weighted by atomic mass is 32.2. The van der Waals surface area contributed by atoms with E-state index in [2.05, 4.69) is 45.2 Å². The molecule has 0 aliphatic rings. The molecule has 0 saturated carbocycles. The fraction of sp³-hybridized carbons (Fsp3) is 0.0357. The maximum absolute atomic E-state index is 12.3. The van der Waals surface area contributed by atoms with Gasteiger partial charge in [0.05, 0.1) is 45.8 Å². The monoisotopic (exact) mass is 711 g/mol. The molecule has 19 nitrogen and oxygen atoms in total. The van der Waals surface area contributed by atoms with Crippen molar-refractivity contribution in [2.75, 3.05) is 17.7 Å². The number of carbonyl (C=O) groups is 2. The van der Waals surface area contributed by atoms with Gasteiger partial charge in [0, 0.05) is 11.1 Å². The largest absolute Gasteiger partial charge is 0.505 e. The van der Waals surface area contributed by atoms with E-state index in [1.165, 1.54) is 61.7 Å². The van der Waals surface area contributed by atoms with Crippen LogP contribution in [0.5, 0.6) is 11.8 Å². The minimum atomic E-state index is -4.85. The lowest BCUT2D eigenvalue weighted by atomic mass is 10.1. The Morgan fingerprint density at radius 1 is 0.898 bits per heavy atom. The Balaban J connectivity index is 1.66. The van der Waals surface area contributed by atoms with E-state index in [9.17, 15) is 32.8 Å².